The second-order valence-corrected chi connectivity index (χ2v) is 10.7. The van der Waals surface area contributed by atoms with Gasteiger partial charge in [0.25, 0.3) is 0 Å². The second kappa shape index (κ2) is 8.54. The maximum atomic E-state index is 11.3. The van der Waals surface area contributed by atoms with Gasteiger partial charge in [0.15, 0.2) is 8.32 Å². The van der Waals surface area contributed by atoms with Crippen LogP contribution >= 0.6 is 0 Å². The molecule has 4 heteroatoms. The summed E-state index contributed by atoms with van der Waals surface area (Å²) >= 11 is 0. The van der Waals surface area contributed by atoms with Gasteiger partial charge in [-0.2, -0.15) is 0 Å². The third kappa shape index (κ3) is 5.49. The van der Waals surface area contributed by atoms with E-state index in [1.807, 2.05) is 0 Å². The Hall–Kier alpha value is -0.613. The van der Waals surface area contributed by atoms with Crippen LogP contribution in [-0.4, -0.2) is 27.5 Å². The molecule has 0 aromatic heterocycles. The van der Waals surface area contributed by atoms with E-state index in [0.717, 1.165) is 19.1 Å². The highest BCUT2D eigenvalue weighted by molar-refractivity contribution is 6.76. The Morgan fingerprint density at radius 2 is 1.74 bits per heavy atom. The van der Waals surface area contributed by atoms with Crippen LogP contribution in [0.5, 0.6) is 0 Å². The van der Waals surface area contributed by atoms with Crippen LogP contribution in [0.2, 0.25) is 17.1 Å². The molecule has 0 radical (unpaired) electrons. The Labute approximate surface area is 119 Å². The number of ether oxygens (including phenoxy) is 1. The molecule has 0 aliphatic heterocycles. The average Bonchev–Trinajstić information content (AvgIpc) is 2.31. The Morgan fingerprint density at radius 1 is 1.21 bits per heavy atom. The molecule has 0 aliphatic rings. The molecule has 0 bridgehead atoms. The minimum atomic E-state index is -1.76. The topological polar surface area (TPSA) is 35.5 Å². The predicted octanol–water partition coefficient (Wildman–Crippen LogP) is 4.30. The summed E-state index contributed by atoms with van der Waals surface area (Å²) in [6, 6.07) is 1.04. The van der Waals surface area contributed by atoms with E-state index in [9.17, 15) is 4.79 Å². The molecule has 0 aliphatic carbocycles. The number of hydrogen-bond donors (Lipinski definition) is 0. The fourth-order valence-electron chi connectivity index (χ4n) is 2.55. The molecule has 0 unspecified atom stereocenters. The molecule has 0 N–H and O–H groups in total. The Kier molecular flexibility index (Phi) is 8.26. The van der Waals surface area contributed by atoms with E-state index in [0.29, 0.717) is 23.3 Å². The molecule has 3 nitrogen and oxygen atoms in total. The highest BCUT2D eigenvalue weighted by atomic mass is 28.4. The lowest BCUT2D eigenvalue weighted by Gasteiger charge is -2.38. The summed E-state index contributed by atoms with van der Waals surface area (Å²) in [6.07, 6.45) is 0.877. The standard InChI is InChI=1S/C15H30O3Si/c1-8-18-19(13(4)5,14(6)7)11-9-10-17-15(16)12(2)3/h13-14H,2,8-11H2,1,3-7H3. The molecule has 0 saturated carbocycles. The quantitative estimate of drug-likeness (QED) is 0.274. The van der Waals surface area contributed by atoms with Gasteiger partial charge in [-0.25, -0.2) is 4.79 Å². The summed E-state index contributed by atoms with van der Waals surface area (Å²) < 4.78 is 11.4. The Morgan fingerprint density at radius 3 is 2.11 bits per heavy atom. The second-order valence-electron chi connectivity index (χ2n) is 5.72. The van der Waals surface area contributed by atoms with Crippen molar-refractivity contribution in [3.63, 3.8) is 0 Å². The molecule has 112 valence electrons. The van der Waals surface area contributed by atoms with E-state index in [-0.39, 0.29) is 5.97 Å². The van der Waals surface area contributed by atoms with Gasteiger partial charge in [-0.15, -0.1) is 0 Å². The normalized spacial score (nSPS) is 12.0. The van der Waals surface area contributed by atoms with Gasteiger partial charge in [-0.1, -0.05) is 34.3 Å². The molecule has 0 aromatic rings. The summed E-state index contributed by atoms with van der Waals surface area (Å²) in [5.74, 6) is -0.294. The van der Waals surface area contributed by atoms with Gasteiger partial charge in [-0.05, 0) is 37.4 Å². The zero-order chi connectivity index (χ0) is 15.1. The number of carbonyl (C=O) groups excluding carboxylic acids is 1. The van der Waals surface area contributed by atoms with Crippen molar-refractivity contribution >= 4 is 14.3 Å². The maximum Gasteiger partial charge on any atom is 0.333 e. The van der Waals surface area contributed by atoms with Gasteiger partial charge in [0, 0.05) is 12.2 Å². The minimum absolute atomic E-state index is 0.294. The highest BCUT2D eigenvalue weighted by Crippen LogP contribution is 2.37. The summed E-state index contributed by atoms with van der Waals surface area (Å²) in [4.78, 5) is 11.3. The van der Waals surface area contributed by atoms with E-state index in [1.165, 1.54) is 0 Å². The number of hydrogen-bond acceptors (Lipinski definition) is 3. The van der Waals surface area contributed by atoms with Gasteiger partial charge in [-0.3, -0.25) is 0 Å². The number of esters is 1. The molecule has 0 saturated heterocycles. The first-order chi connectivity index (χ1) is 8.77. The van der Waals surface area contributed by atoms with Crippen LogP contribution in [-0.2, 0) is 14.0 Å². The van der Waals surface area contributed by atoms with Crippen LogP contribution in [0, 0.1) is 0 Å². The summed E-state index contributed by atoms with van der Waals surface area (Å²) in [6.45, 7) is 17.6. The van der Waals surface area contributed by atoms with E-state index >= 15 is 0 Å². The Balaban J connectivity index is 4.43. The largest absolute Gasteiger partial charge is 0.462 e. The van der Waals surface area contributed by atoms with E-state index in [4.69, 9.17) is 9.16 Å². The first-order valence-corrected chi connectivity index (χ1v) is 9.51. The molecule has 0 amide bonds. The molecular weight excluding hydrogens is 256 g/mol. The van der Waals surface area contributed by atoms with Crippen LogP contribution in [0.3, 0.4) is 0 Å². The fourth-order valence-corrected chi connectivity index (χ4v) is 7.09. The highest BCUT2D eigenvalue weighted by Gasteiger charge is 2.41. The van der Waals surface area contributed by atoms with Crippen molar-refractivity contribution in [3.05, 3.63) is 12.2 Å². The molecule has 0 aromatic carbocycles. The van der Waals surface area contributed by atoms with Crippen LogP contribution < -0.4 is 0 Å². The maximum absolute atomic E-state index is 11.3. The Bertz CT molecular complexity index is 290. The van der Waals surface area contributed by atoms with Crippen molar-refractivity contribution in [3.8, 4) is 0 Å². The van der Waals surface area contributed by atoms with E-state index in [1.54, 1.807) is 6.92 Å². The zero-order valence-corrected chi connectivity index (χ0v) is 14.4. The van der Waals surface area contributed by atoms with Crippen LogP contribution in [0.4, 0.5) is 0 Å². The molecule has 0 heterocycles. The van der Waals surface area contributed by atoms with Crippen molar-refractivity contribution in [2.75, 3.05) is 13.2 Å². The van der Waals surface area contributed by atoms with Crippen molar-refractivity contribution in [1.82, 2.24) is 0 Å². The smallest absolute Gasteiger partial charge is 0.333 e. The zero-order valence-electron chi connectivity index (χ0n) is 13.4. The molecular formula is C15H30O3Si. The predicted molar refractivity (Wildman–Crippen MR) is 82.8 cm³/mol. The molecule has 0 atom stereocenters. The van der Waals surface area contributed by atoms with E-state index in [2.05, 4.69) is 41.2 Å². The summed E-state index contributed by atoms with van der Waals surface area (Å²) in [7, 11) is -1.76. The third-order valence-corrected chi connectivity index (χ3v) is 9.53. The van der Waals surface area contributed by atoms with Crippen LogP contribution in [0.1, 0.15) is 48.0 Å². The van der Waals surface area contributed by atoms with Gasteiger partial charge in [0.1, 0.15) is 0 Å². The van der Waals surface area contributed by atoms with Crippen molar-refractivity contribution < 1.29 is 14.0 Å². The molecule has 19 heavy (non-hydrogen) atoms. The lowest BCUT2D eigenvalue weighted by atomic mass is 10.4. The SMILES string of the molecule is C=C(C)C(=O)OCCC[Si](OCC)(C(C)C)C(C)C. The van der Waals surface area contributed by atoms with Crippen molar-refractivity contribution in [2.24, 2.45) is 0 Å². The van der Waals surface area contributed by atoms with Gasteiger partial charge in [0.2, 0.25) is 0 Å². The summed E-state index contributed by atoms with van der Waals surface area (Å²) in [5, 5.41) is 0. The third-order valence-electron chi connectivity index (χ3n) is 3.66. The van der Waals surface area contributed by atoms with Crippen LogP contribution in [0.15, 0.2) is 12.2 Å². The van der Waals surface area contributed by atoms with Gasteiger partial charge >= 0.3 is 5.97 Å². The number of carbonyl (C=O) groups is 1. The summed E-state index contributed by atoms with van der Waals surface area (Å²) in [5.41, 5.74) is 1.61. The van der Waals surface area contributed by atoms with Crippen LogP contribution in [0.25, 0.3) is 0 Å². The van der Waals surface area contributed by atoms with Gasteiger partial charge < -0.3 is 9.16 Å². The van der Waals surface area contributed by atoms with Gasteiger partial charge in [0.05, 0.1) is 6.61 Å². The lowest BCUT2D eigenvalue weighted by Crippen LogP contribution is -2.45. The monoisotopic (exact) mass is 286 g/mol. The molecule has 0 spiro atoms. The number of rotatable bonds is 9. The first kappa shape index (κ1) is 18.4. The first-order valence-electron chi connectivity index (χ1n) is 7.24. The average molecular weight is 286 g/mol. The van der Waals surface area contributed by atoms with Crippen molar-refractivity contribution in [2.45, 2.75) is 65.1 Å². The molecule has 0 fully saturated rings. The fraction of sp³-hybridized carbons (Fsp3) is 0.800. The molecule has 0 rings (SSSR count). The minimum Gasteiger partial charge on any atom is -0.462 e. The lowest BCUT2D eigenvalue weighted by molar-refractivity contribution is -0.138. The van der Waals surface area contributed by atoms with E-state index < -0.39 is 8.32 Å². The van der Waals surface area contributed by atoms with Crippen molar-refractivity contribution in [1.29, 1.82) is 0 Å².